The highest BCUT2D eigenvalue weighted by molar-refractivity contribution is 5.80. The Morgan fingerprint density at radius 3 is 2.52 bits per heavy atom. The lowest BCUT2D eigenvalue weighted by Gasteiger charge is -2.15. The van der Waals surface area contributed by atoms with Crippen molar-refractivity contribution in [3.63, 3.8) is 0 Å². The molecule has 0 fully saturated rings. The predicted octanol–water partition coefficient (Wildman–Crippen LogP) is 2.89. The molecule has 2 aromatic carbocycles. The summed E-state index contributed by atoms with van der Waals surface area (Å²) in [5, 5.41) is 11.7. The summed E-state index contributed by atoms with van der Waals surface area (Å²) in [6, 6.07) is 11.5. The minimum absolute atomic E-state index is 0.0398. The summed E-state index contributed by atoms with van der Waals surface area (Å²) in [5.74, 6) is -0.387. The number of nitrogens with one attached hydrogen (secondary N) is 1. The van der Waals surface area contributed by atoms with Gasteiger partial charge in [-0.05, 0) is 42.7 Å². The van der Waals surface area contributed by atoms with Gasteiger partial charge in [-0.25, -0.2) is 4.39 Å². The average Bonchev–Trinajstić information content (AvgIpc) is 2.54. The van der Waals surface area contributed by atoms with Gasteiger partial charge in [-0.2, -0.15) is 0 Å². The Kier molecular flexibility index (Phi) is 5.71. The number of hydrogen-bond donors (Lipinski definition) is 2. The van der Waals surface area contributed by atoms with Crippen LogP contribution in [0.5, 0.6) is 5.75 Å². The maximum absolute atomic E-state index is 13.8. The third kappa shape index (κ3) is 4.53. The zero-order chi connectivity index (χ0) is 16.8. The summed E-state index contributed by atoms with van der Waals surface area (Å²) < 4.78 is 19.4. The van der Waals surface area contributed by atoms with Crippen LogP contribution in [0, 0.1) is 5.82 Å². The van der Waals surface area contributed by atoms with Crippen molar-refractivity contribution in [3.8, 4) is 16.9 Å². The fourth-order valence-electron chi connectivity index (χ4n) is 2.18. The van der Waals surface area contributed by atoms with Crippen molar-refractivity contribution in [2.45, 2.75) is 26.6 Å². The van der Waals surface area contributed by atoms with Crippen LogP contribution in [0.25, 0.3) is 11.1 Å². The van der Waals surface area contributed by atoms with E-state index in [1.807, 2.05) is 6.92 Å². The Bertz CT molecular complexity index is 670. The molecule has 2 N–H and O–H groups in total. The zero-order valence-electron chi connectivity index (χ0n) is 13.2. The van der Waals surface area contributed by atoms with Gasteiger partial charge in [0.25, 0.3) is 5.91 Å². The molecule has 0 aliphatic carbocycles. The van der Waals surface area contributed by atoms with Crippen LogP contribution in [0.15, 0.2) is 42.5 Å². The molecule has 0 radical (unpaired) electrons. The van der Waals surface area contributed by atoms with Gasteiger partial charge in [0.2, 0.25) is 0 Å². The second-order valence-electron chi connectivity index (χ2n) is 5.19. The minimum atomic E-state index is -0.707. The Labute approximate surface area is 134 Å². The normalized spacial score (nSPS) is 11.8. The standard InChI is InChI=1S/C18H20FNO3/c1-3-20-18(22)12(2)23-17-9-15(8-16(19)10-17)14-6-4-13(11-21)5-7-14/h4-10,12,21H,3,11H2,1-2H3,(H,20,22). The number of aliphatic hydroxyl groups is 1. The molecule has 2 aromatic rings. The molecule has 0 aliphatic rings. The monoisotopic (exact) mass is 317 g/mol. The fraction of sp³-hybridized carbons (Fsp3) is 0.278. The number of ether oxygens (including phenoxy) is 1. The molecule has 2 rings (SSSR count). The molecule has 5 heteroatoms. The minimum Gasteiger partial charge on any atom is -0.481 e. The molecule has 122 valence electrons. The lowest BCUT2D eigenvalue weighted by atomic mass is 10.0. The Balaban J connectivity index is 2.22. The zero-order valence-corrected chi connectivity index (χ0v) is 13.2. The number of benzene rings is 2. The Morgan fingerprint density at radius 2 is 1.91 bits per heavy atom. The molecular formula is C18H20FNO3. The summed E-state index contributed by atoms with van der Waals surface area (Å²) >= 11 is 0. The van der Waals surface area contributed by atoms with Crippen LogP contribution in [0.1, 0.15) is 19.4 Å². The van der Waals surface area contributed by atoms with Crippen LogP contribution < -0.4 is 10.1 Å². The van der Waals surface area contributed by atoms with Gasteiger partial charge in [-0.3, -0.25) is 4.79 Å². The van der Waals surface area contributed by atoms with E-state index in [1.165, 1.54) is 12.1 Å². The van der Waals surface area contributed by atoms with Crippen molar-refractivity contribution in [1.82, 2.24) is 5.32 Å². The average molecular weight is 317 g/mol. The van der Waals surface area contributed by atoms with Crippen LogP contribution in [-0.2, 0) is 11.4 Å². The lowest BCUT2D eigenvalue weighted by Crippen LogP contribution is -2.36. The highest BCUT2D eigenvalue weighted by atomic mass is 19.1. The first-order valence-electron chi connectivity index (χ1n) is 7.48. The third-order valence-electron chi connectivity index (χ3n) is 3.37. The van der Waals surface area contributed by atoms with Gasteiger partial charge in [0.1, 0.15) is 11.6 Å². The Morgan fingerprint density at radius 1 is 1.22 bits per heavy atom. The largest absolute Gasteiger partial charge is 0.481 e. The smallest absolute Gasteiger partial charge is 0.260 e. The second kappa shape index (κ2) is 7.74. The number of halogens is 1. The van der Waals surface area contributed by atoms with Crippen molar-refractivity contribution < 1.29 is 19.0 Å². The van der Waals surface area contributed by atoms with E-state index in [0.29, 0.717) is 17.9 Å². The third-order valence-corrected chi connectivity index (χ3v) is 3.37. The molecule has 0 spiro atoms. The van der Waals surface area contributed by atoms with Gasteiger partial charge in [0.05, 0.1) is 6.61 Å². The molecule has 23 heavy (non-hydrogen) atoms. The number of likely N-dealkylation sites (N-methyl/N-ethyl adjacent to an activating group) is 1. The number of amides is 1. The van der Waals surface area contributed by atoms with E-state index < -0.39 is 11.9 Å². The van der Waals surface area contributed by atoms with E-state index in [-0.39, 0.29) is 12.5 Å². The molecule has 0 bridgehead atoms. The maximum Gasteiger partial charge on any atom is 0.260 e. The lowest BCUT2D eigenvalue weighted by molar-refractivity contribution is -0.127. The summed E-state index contributed by atoms with van der Waals surface area (Å²) in [5.41, 5.74) is 2.23. The summed E-state index contributed by atoms with van der Waals surface area (Å²) in [7, 11) is 0. The quantitative estimate of drug-likeness (QED) is 0.861. The van der Waals surface area contributed by atoms with Gasteiger partial charge in [0.15, 0.2) is 6.10 Å². The van der Waals surface area contributed by atoms with Gasteiger partial charge >= 0.3 is 0 Å². The second-order valence-corrected chi connectivity index (χ2v) is 5.19. The van der Waals surface area contributed by atoms with E-state index in [4.69, 9.17) is 9.84 Å². The molecule has 1 atom stereocenters. The maximum atomic E-state index is 13.8. The van der Waals surface area contributed by atoms with E-state index in [2.05, 4.69) is 5.32 Å². The van der Waals surface area contributed by atoms with Crippen LogP contribution in [0.3, 0.4) is 0 Å². The number of aliphatic hydroxyl groups excluding tert-OH is 1. The van der Waals surface area contributed by atoms with Crippen LogP contribution in [0.2, 0.25) is 0 Å². The van der Waals surface area contributed by atoms with Crippen LogP contribution >= 0.6 is 0 Å². The number of carbonyl (C=O) groups excluding carboxylic acids is 1. The molecule has 1 unspecified atom stereocenters. The van der Waals surface area contributed by atoms with E-state index in [9.17, 15) is 9.18 Å². The van der Waals surface area contributed by atoms with Crippen LogP contribution in [-0.4, -0.2) is 23.7 Å². The van der Waals surface area contributed by atoms with Crippen molar-refractivity contribution in [2.75, 3.05) is 6.54 Å². The van der Waals surface area contributed by atoms with E-state index in [1.54, 1.807) is 37.3 Å². The summed E-state index contributed by atoms with van der Waals surface area (Å²) in [6.07, 6.45) is -0.707. The highest BCUT2D eigenvalue weighted by Crippen LogP contribution is 2.26. The number of hydrogen-bond acceptors (Lipinski definition) is 3. The molecule has 0 saturated heterocycles. The molecular weight excluding hydrogens is 297 g/mol. The van der Waals surface area contributed by atoms with Gasteiger partial charge < -0.3 is 15.2 Å². The van der Waals surface area contributed by atoms with Crippen LogP contribution in [0.4, 0.5) is 4.39 Å². The number of rotatable bonds is 6. The van der Waals surface area contributed by atoms with Crippen molar-refractivity contribution in [2.24, 2.45) is 0 Å². The molecule has 0 aromatic heterocycles. The molecule has 0 aliphatic heterocycles. The van der Waals surface area contributed by atoms with Crippen molar-refractivity contribution >= 4 is 5.91 Å². The number of carbonyl (C=O) groups is 1. The first-order valence-corrected chi connectivity index (χ1v) is 7.48. The predicted molar refractivity (Wildman–Crippen MR) is 86.5 cm³/mol. The van der Waals surface area contributed by atoms with Crippen molar-refractivity contribution in [1.29, 1.82) is 0 Å². The highest BCUT2D eigenvalue weighted by Gasteiger charge is 2.14. The summed E-state index contributed by atoms with van der Waals surface area (Å²) in [4.78, 5) is 11.7. The van der Waals surface area contributed by atoms with Gasteiger partial charge in [-0.1, -0.05) is 24.3 Å². The van der Waals surface area contributed by atoms with E-state index in [0.717, 1.165) is 11.1 Å². The summed E-state index contributed by atoms with van der Waals surface area (Å²) in [6.45, 7) is 3.91. The first-order chi connectivity index (χ1) is 11.0. The van der Waals surface area contributed by atoms with Gasteiger partial charge in [-0.15, -0.1) is 0 Å². The SMILES string of the molecule is CCNC(=O)C(C)Oc1cc(F)cc(-c2ccc(CO)cc2)c1. The van der Waals surface area contributed by atoms with Crippen molar-refractivity contribution in [3.05, 3.63) is 53.8 Å². The molecule has 4 nitrogen and oxygen atoms in total. The topological polar surface area (TPSA) is 58.6 Å². The first kappa shape index (κ1) is 17.0. The van der Waals surface area contributed by atoms with Gasteiger partial charge in [0, 0.05) is 12.6 Å². The molecule has 0 saturated carbocycles. The molecule has 0 heterocycles. The fourth-order valence-corrected chi connectivity index (χ4v) is 2.18. The van der Waals surface area contributed by atoms with E-state index >= 15 is 0 Å². The Hall–Kier alpha value is -2.40. The molecule has 1 amide bonds.